The summed E-state index contributed by atoms with van der Waals surface area (Å²) in [6.45, 7) is 6.28. The van der Waals surface area contributed by atoms with Crippen LogP contribution in [0.1, 0.15) is 38.7 Å². The largest absolute Gasteiger partial charge is 0.302 e. The van der Waals surface area contributed by atoms with Gasteiger partial charge in [-0.2, -0.15) is 0 Å². The van der Waals surface area contributed by atoms with Gasteiger partial charge in [-0.15, -0.1) is 0 Å². The first kappa shape index (κ1) is 13.3. The van der Waals surface area contributed by atoms with Crippen molar-refractivity contribution in [3.05, 3.63) is 35.9 Å². The molecular weight excluding hydrogens is 222 g/mol. The Morgan fingerprint density at radius 3 is 2.67 bits per heavy atom. The molecule has 2 heteroatoms. The number of hydrogen-bond donors (Lipinski definition) is 0. The number of carbonyl (C=O) groups is 1. The van der Waals surface area contributed by atoms with Crippen LogP contribution in [0.4, 0.5) is 0 Å². The SMILES string of the molecule is CC1CCCCN1CC(C)(C=O)c1ccccc1. The zero-order chi connectivity index (χ0) is 13.0. The highest BCUT2D eigenvalue weighted by Crippen LogP contribution is 2.26. The fourth-order valence-electron chi connectivity index (χ4n) is 2.83. The lowest BCUT2D eigenvalue weighted by Crippen LogP contribution is -2.46. The van der Waals surface area contributed by atoms with E-state index < -0.39 is 0 Å². The molecule has 0 aliphatic carbocycles. The monoisotopic (exact) mass is 245 g/mol. The highest BCUT2D eigenvalue weighted by molar-refractivity contribution is 5.68. The van der Waals surface area contributed by atoms with Gasteiger partial charge >= 0.3 is 0 Å². The first-order valence-electron chi connectivity index (χ1n) is 6.91. The van der Waals surface area contributed by atoms with Crippen molar-refractivity contribution in [1.82, 2.24) is 4.90 Å². The van der Waals surface area contributed by atoms with Gasteiger partial charge in [0.2, 0.25) is 0 Å². The van der Waals surface area contributed by atoms with E-state index in [9.17, 15) is 4.79 Å². The molecule has 0 bridgehead atoms. The van der Waals surface area contributed by atoms with Gasteiger partial charge in [0.25, 0.3) is 0 Å². The average Bonchev–Trinajstić information content (AvgIpc) is 2.42. The second kappa shape index (κ2) is 5.66. The number of likely N-dealkylation sites (tertiary alicyclic amines) is 1. The maximum absolute atomic E-state index is 11.6. The van der Waals surface area contributed by atoms with Crippen molar-refractivity contribution < 1.29 is 4.79 Å². The number of carbonyl (C=O) groups excluding carboxylic acids is 1. The number of piperidine rings is 1. The van der Waals surface area contributed by atoms with Gasteiger partial charge in [0.05, 0.1) is 5.41 Å². The lowest BCUT2D eigenvalue weighted by atomic mass is 9.82. The molecule has 1 saturated heterocycles. The lowest BCUT2D eigenvalue weighted by molar-refractivity contribution is -0.113. The summed E-state index contributed by atoms with van der Waals surface area (Å²) in [6, 6.07) is 10.7. The quantitative estimate of drug-likeness (QED) is 0.760. The predicted molar refractivity (Wildman–Crippen MR) is 74.7 cm³/mol. The molecule has 0 spiro atoms. The van der Waals surface area contributed by atoms with Crippen LogP contribution in [0, 0.1) is 0 Å². The summed E-state index contributed by atoms with van der Waals surface area (Å²) in [6.07, 6.45) is 4.95. The molecule has 0 N–H and O–H groups in total. The van der Waals surface area contributed by atoms with Crippen LogP contribution in [0.25, 0.3) is 0 Å². The topological polar surface area (TPSA) is 20.3 Å². The van der Waals surface area contributed by atoms with Gasteiger partial charge in [-0.05, 0) is 38.8 Å². The summed E-state index contributed by atoms with van der Waals surface area (Å²) in [7, 11) is 0. The summed E-state index contributed by atoms with van der Waals surface area (Å²) in [5, 5.41) is 0. The van der Waals surface area contributed by atoms with E-state index in [-0.39, 0.29) is 5.41 Å². The Balaban J connectivity index is 2.15. The van der Waals surface area contributed by atoms with Gasteiger partial charge in [-0.3, -0.25) is 4.90 Å². The normalized spacial score (nSPS) is 24.4. The molecule has 18 heavy (non-hydrogen) atoms. The van der Waals surface area contributed by atoms with Crippen LogP contribution >= 0.6 is 0 Å². The van der Waals surface area contributed by atoms with E-state index in [1.54, 1.807) is 0 Å². The van der Waals surface area contributed by atoms with Crippen molar-refractivity contribution >= 4 is 6.29 Å². The fraction of sp³-hybridized carbons (Fsp3) is 0.562. The van der Waals surface area contributed by atoms with Gasteiger partial charge in [-0.1, -0.05) is 36.8 Å². The minimum atomic E-state index is -0.382. The van der Waals surface area contributed by atoms with Crippen LogP contribution < -0.4 is 0 Å². The third-order valence-corrected chi connectivity index (χ3v) is 4.17. The van der Waals surface area contributed by atoms with Gasteiger partial charge in [0.1, 0.15) is 6.29 Å². The second-order valence-corrected chi connectivity index (χ2v) is 5.72. The molecule has 0 saturated carbocycles. The lowest BCUT2D eigenvalue weighted by Gasteiger charge is -2.38. The molecule has 2 unspecified atom stereocenters. The first-order valence-corrected chi connectivity index (χ1v) is 6.91. The molecular formula is C16H23NO. The van der Waals surface area contributed by atoms with E-state index in [1.807, 2.05) is 18.2 Å². The number of rotatable bonds is 4. The Bertz CT molecular complexity index is 389. The van der Waals surface area contributed by atoms with E-state index >= 15 is 0 Å². The first-order chi connectivity index (χ1) is 8.65. The van der Waals surface area contributed by atoms with E-state index in [0.29, 0.717) is 6.04 Å². The molecule has 1 aromatic carbocycles. The molecule has 1 aliphatic rings. The molecule has 2 nitrogen and oxygen atoms in total. The Hall–Kier alpha value is -1.15. The van der Waals surface area contributed by atoms with Gasteiger partial charge in [0.15, 0.2) is 0 Å². The van der Waals surface area contributed by atoms with Crippen molar-refractivity contribution in [2.45, 2.75) is 44.6 Å². The minimum Gasteiger partial charge on any atom is -0.302 e. The Morgan fingerprint density at radius 1 is 1.33 bits per heavy atom. The van der Waals surface area contributed by atoms with Crippen LogP contribution in [0.5, 0.6) is 0 Å². The highest BCUT2D eigenvalue weighted by atomic mass is 16.1. The highest BCUT2D eigenvalue weighted by Gasteiger charge is 2.31. The molecule has 0 aromatic heterocycles. The van der Waals surface area contributed by atoms with Crippen LogP contribution in [-0.4, -0.2) is 30.3 Å². The van der Waals surface area contributed by atoms with Crippen LogP contribution in [-0.2, 0) is 10.2 Å². The molecule has 1 heterocycles. The maximum atomic E-state index is 11.6. The zero-order valence-electron chi connectivity index (χ0n) is 11.4. The number of nitrogens with zero attached hydrogens (tertiary/aromatic N) is 1. The molecule has 98 valence electrons. The second-order valence-electron chi connectivity index (χ2n) is 5.72. The summed E-state index contributed by atoms with van der Waals surface area (Å²) < 4.78 is 0. The molecule has 1 aliphatic heterocycles. The van der Waals surface area contributed by atoms with Crippen LogP contribution in [0.15, 0.2) is 30.3 Å². The maximum Gasteiger partial charge on any atom is 0.131 e. The Morgan fingerprint density at radius 2 is 2.06 bits per heavy atom. The molecule has 2 atom stereocenters. The van der Waals surface area contributed by atoms with E-state index in [1.165, 1.54) is 19.3 Å². The molecule has 0 radical (unpaired) electrons. The average molecular weight is 245 g/mol. The fourth-order valence-corrected chi connectivity index (χ4v) is 2.83. The van der Waals surface area contributed by atoms with Crippen molar-refractivity contribution in [2.24, 2.45) is 0 Å². The van der Waals surface area contributed by atoms with Gasteiger partial charge in [-0.25, -0.2) is 0 Å². The minimum absolute atomic E-state index is 0.382. The third kappa shape index (κ3) is 2.81. The smallest absolute Gasteiger partial charge is 0.131 e. The number of aldehydes is 1. The summed E-state index contributed by atoms with van der Waals surface area (Å²) in [4.78, 5) is 14.0. The Kier molecular flexibility index (Phi) is 4.18. The van der Waals surface area contributed by atoms with Crippen molar-refractivity contribution in [1.29, 1.82) is 0 Å². The van der Waals surface area contributed by atoms with Gasteiger partial charge < -0.3 is 4.79 Å². The van der Waals surface area contributed by atoms with Crippen molar-refractivity contribution in [2.75, 3.05) is 13.1 Å². The van der Waals surface area contributed by atoms with Crippen molar-refractivity contribution in [3.8, 4) is 0 Å². The molecule has 0 amide bonds. The van der Waals surface area contributed by atoms with Crippen LogP contribution in [0.3, 0.4) is 0 Å². The molecule has 2 rings (SSSR count). The predicted octanol–water partition coefficient (Wildman–Crippen LogP) is 3.02. The zero-order valence-corrected chi connectivity index (χ0v) is 11.4. The summed E-state index contributed by atoms with van der Waals surface area (Å²) >= 11 is 0. The van der Waals surface area contributed by atoms with E-state index in [0.717, 1.165) is 24.9 Å². The summed E-state index contributed by atoms with van der Waals surface area (Å²) in [5.41, 5.74) is 0.741. The number of hydrogen-bond acceptors (Lipinski definition) is 2. The van der Waals surface area contributed by atoms with E-state index in [4.69, 9.17) is 0 Å². The van der Waals surface area contributed by atoms with E-state index in [2.05, 4.69) is 30.9 Å². The van der Waals surface area contributed by atoms with Gasteiger partial charge in [0, 0.05) is 12.6 Å². The molecule has 1 fully saturated rings. The standard InChI is InChI=1S/C16H23NO/c1-14-8-6-7-11-17(14)12-16(2,13-18)15-9-4-3-5-10-15/h3-5,9-10,13-14H,6-8,11-12H2,1-2H3. The third-order valence-electron chi connectivity index (χ3n) is 4.17. The molecule has 1 aromatic rings. The van der Waals surface area contributed by atoms with Crippen molar-refractivity contribution in [3.63, 3.8) is 0 Å². The Labute approximate surface area is 110 Å². The number of benzene rings is 1. The summed E-state index contributed by atoms with van der Waals surface area (Å²) in [5.74, 6) is 0. The van der Waals surface area contributed by atoms with Crippen LogP contribution in [0.2, 0.25) is 0 Å².